The van der Waals surface area contributed by atoms with Crippen LogP contribution in [-0.2, 0) is 0 Å². The molecular formula is C15H30N2. The zero-order valence-electron chi connectivity index (χ0n) is 12.1. The summed E-state index contributed by atoms with van der Waals surface area (Å²) in [5, 5.41) is 3.79. The van der Waals surface area contributed by atoms with Crippen LogP contribution in [0, 0.1) is 11.8 Å². The number of rotatable bonds is 5. The van der Waals surface area contributed by atoms with Gasteiger partial charge in [0.1, 0.15) is 0 Å². The molecule has 2 heteroatoms. The summed E-state index contributed by atoms with van der Waals surface area (Å²) in [6.07, 6.45) is 5.49. The van der Waals surface area contributed by atoms with Gasteiger partial charge in [0, 0.05) is 31.2 Å². The molecule has 1 saturated carbocycles. The lowest BCUT2D eigenvalue weighted by Crippen LogP contribution is -2.64. The Balaban J connectivity index is 1.98. The van der Waals surface area contributed by atoms with Gasteiger partial charge in [-0.25, -0.2) is 0 Å². The average Bonchev–Trinajstić information content (AvgIpc) is 3.15. The molecule has 1 aliphatic carbocycles. The highest BCUT2D eigenvalue weighted by atomic mass is 15.3. The number of hydrogen-bond donors (Lipinski definition) is 1. The average molecular weight is 238 g/mol. The molecule has 1 saturated heterocycles. The van der Waals surface area contributed by atoms with Gasteiger partial charge in [-0.1, -0.05) is 27.2 Å². The molecule has 1 heterocycles. The first-order chi connectivity index (χ1) is 8.09. The van der Waals surface area contributed by atoms with Crippen LogP contribution in [0.3, 0.4) is 0 Å². The Hall–Kier alpha value is -0.0800. The molecule has 0 aromatic rings. The lowest BCUT2D eigenvalue weighted by Gasteiger charge is -2.49. The quantitative estimate of drug-likeness (QED) is 0.792. The zero-order valence-corrected chi connectivity index (χ0v) is 12.1. The smallest absolute Gasteiger partial charge is 0.0304 e. The highest BCUT2D eigenvalue weighted by molar-refractivity contribution is 4.98. The van der Waals surface area contributed by atoms with Crippen LogP contribution >= 0.6 is 0 Å². The Morgan fingerprint density at radius 1 is 1.35 bits per heavy atom. The molecule has 100 valence electrons. The third-order valence-corrected chi connectivity index (χ3v) is 5.19. The highest BCUT2D eigenvalue weighted by Crippen LogP contribution is 2.34. The maximum absolute atomic E-state index is 3.79. The van der Waals surface area contributed by atoms with E-state index in [0.717, 1.165) is 11.8 Å². The van der Waals surface area contributed by atoms with E-state index in [9.17, 15) is 0 Å². The molecule has 1 aliphatic heterocycles. The lowest BCUT2D eigenvalue weighted by molar-refractivity contribution is 0.0324. The Kier molecular flexibility index (Phi) is 4.14. The summed E-state index contributed by atoms with van der Waals surface area (Å²) in [6, 6.07) is 0.707. The van der Waals surface area contributed by atoms with Gasteiger partial charge in [0.15, 0.2) is 0 Å². The van der Waals surface area contributed by atoms with Crippen LogP contribution in [0.1, 0.15) is 53.4 Å². The molecule has 3 unspecified atom stereocenters. The number of nitrogens with one attached hydrogen (secondary N) is 1. The first kappa shape index (κ1) is 13.4. The van der Waals surface area contributed by atoms with E-state index in [4.69, 9.17) is 0 Å². The number of nitrogens with zero attached hydrogens (tertiary/aromatic N) is 1. The van der Waals surface area contributed by atoms with Crippen LogP contribution in [0.5, 0.6) is 0 Å². The van der Waals surface area contributed by atoms with Crippen LogP contribution in [-0.4, -0.2) is 36.1 Å². The van der Waals surface area contributed by atoms with Crippen LogP contribution in [0.4, 0.5) is 0 Å². The molecule has 2 aliphatic rings. The molecule has 0 amide bonds. The molecular weight excluding hydrogens is 208 g/mol. The van der Waals surface area contributed by atoms with Gasteiger partial charge in [-0.2, -0.15) is 0 Å². The van der Waals surface area contributed by atoms with Gasteiger partial charge in [-0.05, 0) is 38.0 Å². The Bertz CT molecular complexity index is 249. The van der Waals surface area contributed by atoms with Gasteiger partial charge in [-0.15, -0.1) is 0 Å². The standard InChI is InChI=1S/C15H30N2/c1-5-12(3)14-10-17(9-13-7-8-13)15(4,6-2)11-16-14/h12-14,16H,5-11H2,1-4H3. The lowest BCUT2D eigenvalue weighted by atomic mass is 9.88. The number of hydrogen-bond acceptors (Lipinski definition) is 2. The summed E-state index contributed by atoms with van der Waals surface area (Å²) in [5.41, 5.74) is 0.395. The summed E-state index contributed by atoms with van der Waals surface area (Å²) >= 11 is 0. The summed E-state index contributed by atoms with van der Waals surface area (Å²) in [6.45, 7) is 13.3. The van der Waals surface area contributed by atoms with E-state index in [0.29, 0.717) is 11.6 Å². The van der Waals surface area contributed by atoms with E-state index in [-0.39, 0.29) is 0 Å². The van der Waals surface area contributed by atoms with Gasteiger partial charge in [0.25, 0.3) is 0 Å². The van der Waals surface area contributed by atoms with Crippen molar-refractivity contribution in [2.24, 2.45) is 11.8 Å². The first-order valence-electron chi connectivity index (χ1n) is 7.57. The van der Waals surface area contributed by atoms with Gasteiger partial charge >= 0.3 is 0 Å². The molecule has 0 radical (unpaired) electrons. The molecule has 2 nitrogen and oxygen atoms in total. The second-order valence-electron chi connectivity index (χ2n) is 6.57. The molecule has 0 aromatic heterocycles. The number of piperazine rings is 1. The maximum atomic E-state index is 3.79. The van der Waals surface area contributed by atoms with E-state index < -0.39 is 0 Å². The zero-order chi connectivity index (χ0) is 12.5. The van der Waals surface area contributed by atoms with Crippen LogP contribution in [0.15, 0.2) is 0 Å². The molecule has 0 spiro atoms. The minimum absolute atomic E-state index is 0.395. The molecule has 0 aromatic carbocycles. The summed E-state index contributed by atoms with van der Waals surface area (Å²) in [4.78, 5) is 2.79. The van der Waals surface area contributed by atoms with Crippen molar-refractivity contribution in [3.8, 4) is 0 Å². The first-order valence-corrected chi connectivity index (χ1v) is 7.57. The van der Waals surface area contributed by atoms with Gasteiger partial charge in [0.05, 0.1) is 0 Å². The second-order valence-corrected chi connectivity index (χ2v) is 6.57. The summed E-state index contributed by atoms with van der Waals surface area (Å²) in [7, 11) is 0. The monoisotopic (exact) mass is 238 g/mol. The van der Waals surface area contributed by atoms with Crippen LogP contribution < -0.4 is 5.32 Å². The van der Waals surface area contributed by atoms with Crippen LogP contribution in [0.2, 0.25) is 0 Å². The Labute approximate surface area is 107 Å². The van der Waals surface area contributed by atoms with Crippen molar-refractivity contribution in [1.82, 2.24) is 10.2 Å². The highest BCUT2D eigenvalue weighted by Gasteiger charge is 2.39. The van der Waals surface area contributed by atoms with E-state index in [1.807, 2.05) is 0 Å². The van der Waals surface area contributed by atoms with E-state index in [1.54, 1.807) is 0 Å². The fourth-order valence-electron chi connectivity index (χ4n) is 2.91. The van der Waals surface area contributed by atoms with Gasteiger partial charge in [0.2, 0.25) is 0 Å². The van der Waals surface area contributed by atoms with E-state index in [1.165, 1.54) is 45.3 Å². The molecule has 1 N–H and O–H groups in total. The topological polar surface area (TPSA) is 15.3 Å². The predicted molar refractivity (Wildman–Crippen MR) is 74.2 cm³/mol. The molecule has 2 fully saturated rings. The molecule has 17 heavy (non-hydrogen) atoms. The normalized spacial score (nSPS) is 37.1. The van der Waals surface area contributed by atoms with Crippen molar-refractivity contribution in [3.63, 3.8) is 0 Å². The van der Waals surface area contributed by atoms with Crippen LogP contribution in [0.25, 0.3) is 0 Å². The Morgan fingerprint density at radius 3 is 2.59 bits per heavy atom. The van der Waals surface area contributed by atoms with Crippen molar-refractivity contribution in [1.29, 1.82) is 0 Å². The largest absolute Gasteiger partial charge is 0.311 e. The SMILES string of the molecule is CCC(C)C1CN(CC2CC2)C(C)(CC)CN1. The van der Waals surface area contributed by atoms with Crippen molar-refractivity contribution in [2.45, 2.75) is 65.0 Å². The second kappa shape index (κ2) is 5.27. The molecule has 0 bridgehead atoms. The minimum atomic E-state index is 0.395. The summed E-state index contributed by atoms with van der Waals surface area (Å²) in [5.74, 6) is 1.81. The third-order valence-electron chi connectivity index (χ3n) is 5.19. The van der Waals surface area contributed by atoms with Crippen molar-refractivity contribution >= 4 is 0 Å². The van der Waals surface area contributed by atoms with Gasteiger partial charge < -0.3 is 5.32 Å². The molecule has 2 rings (SSSR count). The minimum Gasteiger partial charge on any atom is -0.311 e. The van der Waals surface area contributed by atoms with Crippen molar-refractivity contribution in [3.05, 3.63) is 0 Å². The van der Waals surface area contributed by atoms with Crippen molar-refractivity contribution in [2.75, 3.05) is 19.6 Å². The fraction of sp³-hybridized carbons (Fsp3) is 1.00. The Morgan fingerprint density at radius 2 is 2.06 bits per heavy atom. The fourth-order valence-corrected chi connectivity index (χ4v) is 2.91. The third kappa shape index (κ3) is 3.03. The van der Waals surface area contributed by atoms with E-state index in [2.05, 4.69) is 37.9 Å². The maximum Gasteiger partial charge on any atom is 0.0304 e. The van der Waals surface area contributed by atoms with Crippen molar-refractivity contribution < 1.29 is 0 Å². The molecule has 3 atom stereocenters. The van der Waals surface area contributed by atoms with Gasteiger partial charge in [-0.3, -0.25) is 4.90 Å². The summed E-state index contributed by atoms with van der Waals surface area (Å²) < 4.78 is 0. The van der Waals surface area contributed by atoms with E-state index >= 15 is 0 Å². The predicted octanol–water partition coefficient (Wildman–Crippen LogP) is 2.89.